The van der Waals surface area contributed by atoms with E-state index in [1.54, 1.807) is 0 Å². The van der Waals surface area contributed by atoms with E-state index in [4.69, 9.17) is 36.7 Å². The van der Waals surface area contributed by atoms with Gasteiger partial charge in [-0.05, 0) is 84.5 Å². The van der Waals surface area contributed by atoms with Gasteiger partial charge in [-0.3, -0.25) is 4.90 Å². The molecule has 0 fully saturated rings. The maximum atomic E-state index is 5.57. The molecule has 0 radical (unpaired) electrons. The van der Waals surface area contributed by atoms with Gasteiger partial charge in [-0.1, -0.05) is 78.0 Å². The van der Waals surface area contributed by atoms with Crippen molar-refractivity contribution in [3.8, 4) is 0 Å². The Bertz CT molecular complexity index is 1050. The number of hydrogen-bond donors (Lipinski definition) is 6. The van der Waals surface area contributed by atoms with E-state index in [1.165, 1.54) is 11.1 Å². The first-order chi connectivity index (χ1) is 21.0. The molecule has 6 N–H and O–H groups in total. The molecule has 0 spiro atoms. The van der Waals surface area contributed by atoms with Gasteiger partial charge >= 0.3 is 0 Å². The zero-order valence-corrected chi connectivity index (χ0v) is 30.0. The van der Waals surface area contributed by atoms with E-state index in [2.05, 4.69) is 127 Å². The molecule has 0 bridgehead atoms. The fraction of sp³-hybridized carbons (Fsp3) is 0.559. The van der Waals surface area contributed by atoms with E-state index in [0.29, 0.717) is 28.0 Å². The standard InChI is InChI=1S/C34H55N7S3/c1-25(2)23-28-7-11-30(12-8-28)39-33(43)37-18-21-41(20-17-35-15-16-36-32(42)27(5)6)22-19-38-34(44)40-31-13-9-29(10-14-31)24-26(3)4/h7-14,25-27,35H,15-24H2,1-6H3,(H,36,42)(H2,37,39,43)(H2,38,40,44). The average Bonchev–Trinajstić information content (AvgIpc) is 2.96. The number of rotatable bonds is 19. The zero-order chi connectivity index (χ0) is 32.3. The fourth-order valence-electron chi connectivity index (χ4n) is 4.57. The molecule has 0 heterocycles. The Morgan fingerprint density at radius 1 is 0.568 bits per heavy atom. The van der Waals surface area contributed by atoms with E-state index in [-0.39, 0.29) is 0 Å². The van der Waals surface area contributed by atoms with Crippen molar-refractivity contribution < 1.29 is 0 Å². The molecule has 0 saturated heterocycles. The Morgan fingerprint density at radius 2 is 1.00 bits per heavy atom. The average molecular weight is 658 g/mol. The maximum Gasteiger partial charge on any atom is 0.170 e. The van der Waals surface area contributed by atoms with Crippen LogP contribution in [0.1, 0.15) is 52.7 Å². The molecule has 7 nitrogen and oxygen atoms in total. The maximum absolute atomic E-state index is 5.57. The highest BCUT2D eigenvalue weighted by Crippen LogP contribution is 2.14. The molecule has 44 heavy (non-hydrogen) atoms. The summed E-state index contributed by atoms with van der Waals surface area (Å²) in [5.41, 5.74) is 4.69. The second-order valence-corrected chi connectivity index (χ2v) is 13.6. The molecule has 0 aliphatic carbocycles. The SMILES string of the molecule is CC(C)Cc1ccc(NC(=S)NCCN(CCNCCNC(=S)C(C)C)CCNC(=S)Nc2ccc(CC(C)C)cc2)cc1. The fourth-order valence-corrected chi connectivity index (χ4v) is 5.11. The quantitative estimate of drug-likeness (QED) is 0.0823. The molecule has 0 unspecified atom stereocenters. The van der Waals surface area contributed by atoms with Crippen LogP contribution in [0, 0.1) is 17.8 Å². The first kappa shape index (κ1) is 37.8. The smallest absolute Gasteiger partial charge is 0.170 e. The predicted octanol–water partition coefficient (Wildman–Crippen LogP) is 5.82. The first-order valence-corrected chi connectivity index (χ1v) is 17.2. The monoisotopic (exact) mass is 657 g/mol. The molecule has 2 aromatic rings. The Hall–Kier alpha value is -2.37. The normalized spacial score (nSPS) is 11.2. The van der Waals surface area contributed by atoms with Crippen molar-refractivity contribution in [3.05, 3.63) is 59.7 Å². The van der Waals surface area contributed by atoms with Crippen LogP contribution < -0.4 is 31.9 Å². The van der Waals surface area contributed by atoms with Gasteiger partial charge < -0.3 is 31.9 Å². The van der Waals surface area contributed by atoms with Crippen LogP contribution in [0.2, 0.25) is 0 Å². The number of benzene rings is 2. The minimum Gasteiger partial charge on any atom is -0.378 e. The zero-order valence-electron chi connectivity index (χ0n) is 27.6. The van der Waals surface area contributed by atoms with Gasteiger partial charge in [-0.25, -0.2) is 0 Å². The lowest BCUT2D eigenvalue weighted by atomic mass is 10.0. The van der Waals surface area contributed by atoms with Crippen molar-refractivity contribution in [2.45, 2.75) is 54.4 Å². The summed E-state index contributed by atoms with van der Waals surface area (Å²) in [5, 5.41) is 21.5. The van der Waals surface area contributed by atoms with Gasteiger partial charge in [0.05, 0.1) is 4.99 Å². The molecule has 10 heteroatoms. The number of nitrogens with one attached hydrogen (secondary N) is 6. The third-order valence-electron chi connectivity index (χ3n) is 6.87. The molecule has 0 saturated carbocycles. The minimum absolute atomic E-state index is 0.370. The molecule has 0 amide bonds. The topological polar surface area (TPSA) is 75.4 Å². The predicted molar refractivity (Wildman–Crippen MR) is 203 cm³/mol. The molecule has 0 aliphatic rings. The van der Waals surface area contributed by atoms with Gasteiger partial charge in [0.1, 0.15) is 0 Å². The Balaban J connectivity index is 1.78. The number of thiocarbonyl (C=S) groups is 3. The first-order valence-electron chi connectivity index (χ1n) is 16.0. The molecule has 2 aromatic carbocycles. The van der Waals surface area contributed by atoms with Crippen LogP contribution >= 0.6 is 36.7 Å². The Labute approximate surface area is 283 Å². The summed E-state index contributed by atoms with van der Waals surface area (Å²) in [7, 11) is 0. The second kappa shape index (κ2) is 21.4. The van der Waals surface area contributed by atoms with Crippen molar-refractivity contribution in [2.24, 2.45) is 17.8 Å². The lowest BCUT2D eigenvalue weighted by Crippen LogP contribution is -2.44. The molecule has 0 aromatic heterocycles. The molecule has 0 aliphatic heterocycles. The van der Waals surface area contributed by atoms with E-state index in [9.17, 15) is 0 Å². The van der Waals surface area contributed by atoms with Crippen LogP contribution in [-0.2, 0) is 12.8 Å². The van der Waals surface area contributed by atoms with Crippen molar-refractivity contribution in [3.63, 3.8) is 0 Å². The van der Waals surface area contributed by atoms with Crippen LogP contribution in [0.25, 0.3) is 0 Å². The van der Waals surface area contributed by atoms with E-state index in [0.717, 1.165) is 81.6 Å². The van der Waals surface area contributed by atoms with Gasteiger partial charge in [0.2, 0.25) is 0 Å². The summed E-state index contributed by atoms with van der Waals surface area (Å²) >= 11 is 16.5. The van der Waals surface area contributed by atoms with Gasteiger partial charge in [-0.2, -0.15) is 0 Å². The van der Waals surface area contributed by atoms with Crippen molar-refractivity contribution in [2.75, 3.05) is 63.0 Å². The van der Waals surface area contributed by atoms with Crippen LogP contribution in [-0.4, -0.2) is 72.5 Å². The highest BCUT2D eigenvalue weighted by atomic mass is 32.1. The molecule has 0 atom stereocenters. The van der Waals surface area contributed by atoms with Gasteiger partial charge in [0.25, 0.3) is 0 Å². The summed E-state index contributed by atoms with van der Waals surface area (Å²) in [5.74, 6) is 1.65. The van der Waals surface area contributed by atoms with Gasteiger partial charge in [-0.15, -0.1) is 0 Å². The minimum atomic E-state index is 0.370. The Morgan fingerprint density at radius 3 is 1.41 bits per heavy atom. The Kier molecular flexibility index (Phi) is 18.4. The van der Waals surface area contributed by atoms with Crippen molar-refractivity contribution in [1.29, 1.82) is 0 Å². The van der Waals surface area contributed by atoms with Gasteiger partial charge in [0.15, 0.2) is 10.2 Å². The highest BCUT2D eigenvalue weighted by molar-refractivity contribution is 7.80. The molecular formula is C34H55N7S3. The second-order valence-electron chi connectivity index (χ2n) is 12.4. The van der Waals surface area contributed by atoms with Crippen molar-refractivity contribution >= 4 is 63.2 Å². The number of anilines is 2. The lowest BCUT2D eigenvalue weighted by molar-refractivity contribution is 0.281. The molecule has 244 valence electrons. The van der Waals surface area contributed by atoms with Crippen molar-refractivity contribution in [1.82, 2.24) is 26.2 Å². The van der Waals surface area contributed by atoms with E-state index in [1.807, 2.05) is 0 Å². The number of hydrogen-bond acceptors (Lipinski definition) is 5. The summed E-state index contributed by atoms with van der Waals surface area (Å²) in [4.78, 5) is 3.32. The number of nitrogens with zero attached hydrogens (tertiary/aromatic N) is 1. The molecule has 2 rings (SSSR count). The summed E-state index contributed by atoms with van der Waals surface area (Å²) < 4.78 is 0. The summed E-state index contributed by atoms with van der Waals surface area (Å²) in [6.45, 7) is 19.8. The van der Waals surface area contributed by atoms with Gasteiger partial charge in [0, 0.05) is 69.7 Å². The van der Waals surface area contributed by atoms with E-state index >= 15 is 0 Å². The third kappa shape index (κ3) is 17.2. The van der Waals surface area contributed by atoms with Crippen LogP contribution in [0.15, 0.2) is 48.5 Å². The van der Waals surface area contributed by atoms with Crippen LogP contribution in [0.5, 0.6) is 0 Å². The van der Waals surface area contributed by atoms with E-state index < -0.39 is 0 Å². The lowest BCUT2D eigenvalue weighted by Gasteiger charge is -2.24. The summed E-state index contributed by atoms with van der Waals surface area (Å²) in [6, 6.07) is 17.0. The third-order valence-corrected chi connectivity index (χ3v) is 7.98. The highest BCUT2D eigenvalue weighted by Gasteiger charge is 2.08. The molecular weight excluding hydrogens is 603 g/mol. The largest absolute Gasteiger partial charge is 0.378 e. The van der Waals surface area contributed by atoms with Crippen LogP contribution in [0.4, 0.5) is 11.4 Å². The van der Waals surface area contributed by atoms with Crippen LogP contribution in [0.3, 0.4) is 0 Å². The summed E-state index contributed by atoms with van der Waals surface area (Å²) in [6.07, 6.45) is 2.16.